The number of nitrogens with zero attached hydrogens (tertiary/aromatic N) is 1. The van der Waals surface area contributed by atoms with E-state index in [4.69, 9.17) is 0 Å². The molecule has 0 unspecified atom stereocenters. The molecule has 90 valence electrons. The lowest BCUT2D eigenvalue weighted by atomic mass is 9.98. The molecule has 0 aliphatic rings. The fourth-order valence-corrected chi connectivity index (χ4v) is 2.11. The van der Waals surface area contributed by atoms with Gasteiger partial charge in [-0.3, -0.25) is 0 Å². The highest BCUT2D eigenvalue weighted by atomic mass is 79.9. The Labute approximate surface area is 106 Å². The summed E-state index contributed by atoms with van der Waals surface area (Å²) < 4.78 is 13.6. The Morgan fingerprint density at radius 1 is 1.38 bits per heavy atom. The Kier molecular flexibility index (Phi) is 4.36. The smallest absolute Gasteiger partial charge is 0.129 e. The monoisotopic (exact) mass is 287 g/mol. The Hall–Kier alpha value is -0.570. The van der Waals surface area contributed by atoms with Crippen LogP contribution in [0.15, 0.2) is 18.2 Å². The van der Waals surface area contributed by atoms with Gasteiger partial charge in [0.2, 0.25) is 0 Å². The van der Waals surface area contributed by atoms with Gasteiger partial charge in [-0.15, -0.1) is 0 Å². The molecule has 0 saturated heterocycles. The maximum absolute atomic E-state index is 13.6. The van der Waals surface area contributed by atoms with Crippen LogP contribution < -0.4 is 4.90 Å². The normalized spacial score (nSPS) is 11.6. The number of benzene rings is 1. The van der Waals surface area contributed by atoms with Crippen LogP contribution in [0.1, 0.15) is 32.8 Å². The van der Waals surface area contributed by atoms with Crippen molar-refractivity contribution in [2.24, 2.45) is 0 Å². The van der Waals surface area contributed by atoms with Crippen LogP contribution in [0, 0.1) is 5.82 Å². The average molecular weight is 288 g/mol. The van der Waals surface area contributed by atoms with E-state index in [0.29, 0.717) is 5.33 Å². The molecule has 0 N–H and O–H groups in total. The Balaban J connectivity index is 3.18. The van der Waals surface area contributed by atoms with Crippen LogP contribution in [0.4, 0.5) is 10.1 Å². The lowest BCUT2D eigenvalue weighted by Crippen LogP contribution is -2.41. The van der Waals surface area contributed by atoms with Gasteiger partial charge in [-0.05, 0) is 32.4 Å². The van der Waals surface area contributed by atoms with Gasteiger partial charge in [0.05, 0.1) is 0 Å². The van der Waals surface area contributed by atoms with E-state index >= 15 is 0 Å². The Bertz CT molecular complexity index is 363. The zero-order chi connectivity index (χ0) is 12.3. The molecule has 0 aromatic heterocycles. The molecule has 0 aliphatic heterocycles. The van der Waals surface area contributed by atoms with Crippen molar-refractivity contribution in [1.29, 1.82) is 0 Å². The third kappa shape index (κ3) is 2.57. The van der Waals surface area contributed by atoms with Crippen molar-refractivity contribution in [3.05, 3.63) is 29.6 Å². The molecule has 1 aromatic rings. The van der Waals surface area contributed by atoms with Gasteiger partial charge in [0.1, 0.15) is 5.82 Å². The minimum Gasteiger partial charge on any atom is -0.369 e. The highest BCUT2D eigenvalue weighted by molar-refractivity contribution is 9.08. The van der Waals surface area contributed by atoms with Gasteiger partial charge in [-0.1, -0.05) is 28.9 Å². The van der Waals surface area contributed by atoms with Crippen LogP contribution in [0.5, 0.6) is 0 Å². The first-order valence-electron chi connectivity index (χ1n) is 5.51. The van der Waals surface area contributed by atoms with E-state index in [1.54, 1.807) is 6.07 Å². The van der Waals surface area contributed by atoms with Crippen LogP contribution in [-0.2, 0) is 5.33 Å². The zero-order valence-corrected chi connectivity index (χ0v) is 11.9. The number of alkyl halides is 1. The van der Waals surface area contributed by atoms with Gasteiger partial charge in [0, 0.05) is 29.2 Å². The molecule has 0 fully saturated rings. The predicted octanol–water partition coefficient (Wildman–Crippen LogP) is 4.35. The van der Waals surface area contributed by atoms with E-state index < -0.39 is 0 Å². The summed E-state index contributed by atoms with van der Waals surface area (Å²) in [6.45, 7) is 6.47. The molecule has 0 bridgehead atoms. The van der Waals surface area contributed by atoms with Gasteiger partial charge in [0.15, 0.2) is 0 Å². The molecular formula is C13H19BrFN. The quantitative estimate of drug-likeness (QED) is 0.745. The van der Waals surface area contributed by atoms with Crippen LogP contribution in [0.3, 0.4) is 0 Å². The summed E-state index contributed by atoms with van der Waals surface area (Å²) in [5.41, 5.74) is 1.72. The Morgan fingerprint density at radius 2 is 2.00 bits per heavy atom. The van der Waals surface area contributed by atoms with Gasteiger partial charge < -0.3 is 4.90 Å². The molecule has 3 heteroatoms. The number of anilines is 1. The largest absolute Gasteiger partial charge is 0.369 e. The summed E-state index contributed by atoms with van der Waals surface area (Å²) in [6.07, 6.45) is 1.02. The van der Waals surface area contributed by atoms with E-state index in [2.05, 4.69) is 41.6 Å². The highest BCUT2D eigenvalue weighted by Gasteiger charge is 2.23. The van der Waals surface area contributed by atoms with Crippen LogP contribution in [0.2, 0.25) is 0 Å². The summed E-state index contributed by atoms with van der Waals surface area (Å²) in [7, 11) is 2.02. The van der Waals surface area contributed by atoms with Gasteiger partial charge in [-0.2, -0.15) is 0 Å². The van der Waals surface area contributed by atoms with E-state index in [9.17, 15) is 4.39 Å². The second-order valence-corrected chi connectivity index (χ2v) is 5.16. The van der Waals surface area contributed by atoms with Crippen molar-refractivity contribution in [3.8, 4) is 0 Å². The topological polar surface area (TPSA) is 3.24 Å². The molecule has 1 nitrogen and oxygen atoms in total. The van der Waals surface area contributed by atoms with Crippen molar-refractivity contribution >= 4 is 21.6 Å². The molecular weight excluding hydrogens is 269 g/mol. The van der Waals surface area contributed by atoms with Gasteiger partial charge in [-0.25, -0.2) is 4.39 Å². The highest BCUT2D eigenvalue weighted by Crippen LogP contribution is 2.30. The maximum atomic E-state index is 13.6. The summed E-state index contributed by atoms with van der Waals surface area (Å²) in [5.74, 6) is -0.145. The summed E-state index contributed by atoms with van der Waals surface area (Å²) in [6, 6.07) is 5.24. The van der Waals surface area contributed by atoms with Crippen LogP contribution in [0.25, 0.3) is 0 Å². The third-order valence-corrected chi connectivity index (χ3v) is 3.92. The first kappa shape index (κ1) is 13.5. The minimum atomic E-state index is -0.145. The molecule has 1 rings (SSSR count). The second kappa shape index (κ2) is 5.17. The molecule has 0 aliphatic carbocycles. The molecule has 0 saturated carbocycles. The molecule has 0 atom stereocenters. The lowest BCUT2D eigenvalue weighted by Gasteiger charge is -2.38. The summed E-state index contributed by atoms with van der Waals surface area (Å²) in [4.78, 5) is 2.15. The van der Waals surface area contributed by atoms with Crippen molar-refractivity contribution in [2.45, 2.75) is 38.1 Å². The van der Waals surface area contributed by atoms with E-state index in [1.807, 2.05) is 13.1 Å². The van der Waals surface area contributed by atoms with Crippen LogP contribution in [-0.4, -0.2) is 12.6 Å². The number of hydrogen-bond donors (Lipinski definition) is 0. The number of halogens is 2. The molecule has 16 heavy (non-hydrogen) atoms. The van der Waals surface area contributed by atoms with Gasteiger partial charge >= 0.3 is 0 Å². The average Bonchev–Trinajstić information content (AvgIpc) is 2.27. The summed E-state index contributed by atoms with van der Waals surface area (Å²) >= 11 is 3.35. The van der Waals surface area contributed by atoms with E-state index in [-0.39, 0.29) is 11.4 Å². The van der Waals surface area contributed by atoms with E-state index in [1.165, 1.54) is 6.07 Å². The van der Waals surface area contributed by atoms with Crippen LogP contribution >= 0.6 is 15.9 Å². The van der Waals surface area contributed by atoms with Gasteiger partial charge in [0.25, 0.3) is 0 Å². The van der Waals surface area contributed by atoms with Crippen molar-refractivity contribution in [2.75, 3.05) is 11.9 Å². The fraction of sp³-hybridized carbons (Fsp3) is 0.538. The fourth-order valence-electron chi connectivity index (χ4n) is 1.56. The maximum Gasteiger partial charge on any atom is 0.129 e. The first-order chi connectivity index (χ1) is 7.44. The predicted molar refractivity (Wildman–Crippen MR) is 71.8 cm³/mol. The molecule has 0 amide bonds. The number of hydrogen-bond acceptors (Lipinski definition) is 1. The van der Waals surface area contributed by atoms with Crippen molar-refractivity contribution in [3.63, 3.8) is 0 Å². The second-order valence-electron chi connectivity index (χ2n) is 4.60. The minimum absolute atomic E-state index is 0.0325. The van der Waals surface area contributed by atoms with Crippen molar-refractivity contribution < 1.29 is 4.39 Å². The standard InChI is InChI=1S/C13H19BrFN/c1-5-13(2,3)16(4)12-8-6-7-11(15)10(12)9-14/h6-8H,5,9H2,1-4H3. The first-order valence-corrected chi connectivity index (χ1v) is 6.63. The number of rotatable bonds is 4. The SMILES string of the molecule is CCC(C)(C)N(C)c1cccc(F)c1CBr. The molecule has 1 aromatic carbocycles. The zero-order valence-electron chi connectivity index (χ0n) is 10.3. The molecule has 0 radical (unpaired) electrons. The molecule has 0 heterocycles. The molecule has 0 spiro atoms. The Morgan fingerprint density at radius 3 is 2.50 bits per heavy atom. The van der Waals surface area contributed by atoms with E-state index in [0.717, 1.165) is 17.7 Å². The lowest BCUT2D eigenvalue weighted by molar-refractivity contribution is 0.469. The third-order valence-electron chi connectivity index (χ3n) is 3.36. The summed E-state index contributed by atoms with van der Waals surface area (Å²) in [5, 5.41) is 0.541. The van der Waals surface area contributed by atoms with Crippen molar-refractivity contribution in [1.82, 2.24) is 0 Å².